The van der Waals surface area contributed by atoms with Gasteiger partial charge in [0.1, 0.15) is 0 Å². The maximum Gasteiger partial charge on any atom is 0.360 e. The number of esters is 1. The molecule has 0 atom stereocenters. The molecule has 2 rings (SSSR count). The standard InChI is InChI=1S/C13H21N3O2/c1-3-11-12(13(17)18-2)14-15-16(11)9-10-7-5-4-6-8-10/h10H,3-9H2,1-2H3. The fraction of sp³-hybridized carbons (Fsp3) is 0.769. The third kappa shape index (κ3) is 2.71. The molecule has 0 aliphatic heterocycles. The van der Waals surface area contributed by atoms with Crippen LogP contribution in [-0.4, -0.2) is 28.1 Å². The van der Waals surface area contributed by atoms with Crippen molar-refractivity contribution in [3.63, 3.8) is 0 Å². The van der Waals surface area contributed by atoms with Crippen molar-refractivity contribution in [2.45, 2.75) is 52.0 Å². The monoisotopic (exact) mass is 251 g/mol. The molecule has 5 nitrogen and oxygen atoms in total. The molecule has 5 heteroatoms. The van der Waals surface area contributed by atoms with E-state index in [1.165, 1.54) is 39.2 Å². The fourth-order valence-electron chi connectivity index (χ4n) is 2.70. The first-order chi connectivity index (χ1) is 8.76. The molecular formula is C13H21N3O2. The lowest BCUT2D eigenvalue weighted by molar-refractivity contribution is 0.0592. The average molecular weight is 251 g/mol. The lowest BCUT2D eigenvalue weighted by Crippen LogP contribution is -2.17. The molecule has 1 heterocycles. The summed E-state index contributed by atoms with van der Waals surface area (Å²) < 4.78 is 6.62. The van der Waals surface area contributed by atoms with E-state index in [9.17, 15) is 4.79 Å². The van der Waals surface area contributed by atoms with Crippen LogP contribution in [0.4, 0.5) is 0 Å². The molecule has 0 radical (unpaired) electrons. The topological polar surface area (TPSA) is 57.0 Å². The maximum absolute atomic E-state index is 11.6. The third-order valence-electron chi connectivity index (χ3n) is 3.71. The summed E-state index contributed by atoms with van der Waals surface area (Å²) in [5.74, 6) is 0.290. The van der Waals surface area contributed by atoms with E-state index in [0.717, 1.165) is 18.7 Å². The Labute approximate surface area is 108 Å². The van der Waals surface area contributed by atoms with Crippen molar-refractivity contribution in [2.24, 2.45) is 5.92 Å². The average Bonchev–Trinajstić information content (AvgIpc) is 2.81. The van der Waals surface area contributed by atoms with Crippen molar-refractivity contribution in [2.75, 3.05) is 7.11 Å². The van der Waals surface area contributed by atoms with E-state index >= 15 is 0 Å². The third-order valence-corrected chi connectivity index (χ3v) is 3.71. The Bertz CT molecular complexity index is 408. The predicted molar refractivity (Wildman–Crippen MR) is 67.3 cm³/mol. The van der Waals surface area contributed by atoms with Crippen LogP contribution in [0.15, 0.2) is 0 Å². The van der Waals surface area contributed by atoms with E-state index in [1.54, 1.807) is 0 Å². The molecule has 0 bridgehead atoms. The number of aromatic nitrogens is 3. The zero-order valence-corrected chi connectivity index (χ0v) is 11.2. The van der Waals surface area contributed by atoms with Gasteiger partial charge in [0.15, 0.2) is 5.69 Å². The molecule has 1 fully saturated rings. The van der Waals surface area contributed by atoms with Gasteiger partial charge in [0.2, 0.25) is 0 Å². The van der Waals surface area contributed by atoms with Crippen molar-refractivity contribution in [1.82, 2.24) is 15.0 Å². The van der Waals surface area contributed by atoms with Crippen molar-refractivity contribution >= 4 is 5.97 Å². The summed E-state index contributed by atoms with van der Waals surface area (Å²) in [6.07, 6.45) is 7.24. The first kappa shape index (κ1) is 13.1. The van der Waals surface area contributed by atoms with Crippen LogP contribution in [0.3, 0.4) is 0 Å². The van der Waals surface area contributed by atoms with E-state index < -0.39 is 0 Å². The molecule has 18 heavy (non-hydrogen) atoms. The zero-order chi connectivity index (χ0) is 13.0. The van der Waals surface area contributed by atoms with Crippen LogP contribution in [0.2, 0.25) is 0 Å². The van der Waals surface area contributed by atoms with E-state index in [1.807, 2.05) is 11.6 Å². The predicted octanol–water partition coefficient (Wildman–Crippen LogP) is 2.21. The highest BCUT2D eigenvalue weighted by atomic mass is 16.5. The Kier molecular flexibility index (Phi) is 4.33. The SMILES string of the molecule is CCc1c(C(=O)OC)nnn1CC1CCCCC1. The lowest BCUT2D eigenvalue weighted by Gasteiger charge is -2.21. The van der Waals surface area contributed by atoms with Gasteiger partial charge < -0.3 is 4.74 Å². The second kappa shape index (κ2) is 5.98. The molecule has 1 aromatic heterocycles. The molecule has 0 N–H and O–H groups in total. The highest BCUT2D eigenvalue weighted by Crippen LogP contribution is 2.25. The zero-order valence-electron chi connectivity index (χ0n) is 11.2. The highest BCUT2D eigenvalue weighted by Gasteiger charge is 2.21. The molecule has 0 amide bonds. The molecule has 1 aromatic rings. The number of methoxy groups -OCH3 is 1. The molecule has 0 saturated heterocycles. The molecule has 100 valence electrons. The largest absolute Gasteiger partial charge is 0.464 e. The molecule has 1 aliphatic carbocycles. The summed E-state index contributed by atoms with van der Waals surface area (Å²) in [4.78, 5) is 11.6. The van der Waals surface area contributed by atoms with Crippen molar-refractivity contribution < 1.29 is 9.53 Å². The van der Waals surface area contributed by atoms with E-state index in [-0.39, 0.29) is 5.97 Å². The smallest absolute Gasteiger partial charge is 0.360 e. The normalized spacial score (nSPS) is 16.8. The number of rotatable bonds is 4. The van der Waals surface area contributed by atoms with Crippen LogP contribution in [-0.2, 0) is 17.7 Å². The lowest BCUT2D eigenvalue weighted by atomic mass is 9.89. The minimum atomic E-state index is -0.387. The minimum absolute atomic E-state index is 0.371. The number of ether oxygens (including phenoxy) is 1. The van der Waals surface area contributed by atoms with E-state index in [0.29, 0.717) is 11.6 Å². The van der Waals surface area contributed by atoms with Gasteiger partial charge in [0.25, 0.3) is 0 Å². The van der Waals surface area contributed by atoms with E-state index in [2.05, 4.69) is 10.3 Å². The Hall–Kier alpha value is -1.39. The molecule has 1 saturated carbocycles. The molecule has 0 aromatic carbocycles. The Morgan fingerprint density at radius 3 is 2.72 bits per heavy atom. The van der Waals surface area contributed by atoms with Crippen LogP contribution >= 0.6 is 0 Å². The van der Waals surface area contributed by atoms with Gasteiger partial charge in [-0.3, -0.25) is 0 Å². The van der Waals surface area contributed by atoms with Crippen molar-refractivity contribution in [1.29, 1.82) is 0 Å². The maximum atomic E-state index is 11.6. The van der Waals surface area contributed by atoms with Gasteiger partial charge in [-0.25, -0.2) is 9.48 Å². The Balaban J connectivity index is 2.12. The van der Waals surface area contributed by atoms with Gasteiger partial charge >= 0.3 is 5.97 Å². The van der Waals surface area contributed by atoms with Crippen LogP contribution < -0.4 is 0 Å². The first-order valence-corrected chi connectivity index (χ1v) is 6.77. The molecule has 1 aliphatic rings. The number of hydrogen-bond donors (Lipinski definition) is 0. The van der Waals surface area contributed by atoms with Gasteiger partial charge in [0.05, 0.1) is 12.8 Å². The summed E-state index contributed by atoms with van der Waals surface area (Å²) in [6.45, 7) is 2.90. The van der Waals surface area contributed by atoms with Gasteiger partial charge in [-0.1, -0.05) is 31.4 Å². The number of hydrogen-bond acceptors (Lipinski definition) is 4. The van der Waals surface area contributed by atoms with Crippen LogP contribution in [0.25, 0.3) is 0 Å². The number of carbonyl (C=O) groups is 1. The second-order valence-corrected chi connectivity index (χ2v) is 4.92. The minimum Gasteiger partial charge on any atom is -0.464 e. The van der Waals surface area contributed by atoms with Gasteiger partial charge in [-0.05, 0) is 25.2 Å². The Morgan fingerprint density at radius 2 is 2.11 bits per heavy atom. The summed E-state index contributed by atoms with van der Waals surface area (Å²) >= 11 is 0. The summed E-state index contributed by atoms with van der Waals surface area (Å²) in [7, 11) is 1.38. The molecule has 0 unspecified atom stereocenters. The summed E-state index contributed by atoms with van der Waals surface area (Å²) in [5, 5.41) is 8.08. The number of nitrogens with zero attached hydrogens (tertiary/aromatic N) is 3. The molecule has 0 spiro atoms. The van der Waals surface area contributed by atoms with Crippen LogP contribution in [0, 0.1) is 5.92 Å². The quantitative estimate of drug-likeness (QED) is 0.770. The summed E-state index contributed by atoms with van der Waals surface area (Å²) in [6, 6.07) is 0. The van der Waals surface area contributed by atoms with Crippen LogP contribution in [0.5, 0.6) is 0 Å². The highest BCUT2D eigenvalue weighted by molar-refractivity contribution is 5.88. The van der Waals surface area contributed by atoms with Crippen molar-refractivity contribution in [3.05, 3.63) is 11.4 Å². The second-order valence-electron chi connectivity index (χ2n) is 4.92. The molecular weight excluding hydrogens is 230 g/mol. The van der Waals surface area contributed by atoms with E-state index in [4.69, 9.17) is 4.74 Å². The van der Waals surface area contributed by atoms with Crippen LogP contribution in [0.1, 0.15) is 55.2 Å². The number of carbonyl (C=O) groups excluding carboxylic acids is 1. The van der Waals surface area contributed by atoms with Gasteiger partial charge in [0, 0.05) is 6.54 Å². The first-order valence-electron chi connectivity index (χ1n) is 6.77. The Morgan fingerprint density at radius 1 is 1.39 bits per heavy atom. The fourth-order valence-corrected chi connectivity index (χ4v) is 2.70. The van der Waals surface area contributed by atoms with Gasteiger partial charge in [-0.2, -0.15) is 0 Å². The summed E-state index contributed by atoms with van der Waals surface area (Å²) in [5.41, 5.74) is 1.27. The van der Waals surface area contributed by atoms with Crippen molar-refractivity contribution in [3.8, 4) is 0 Å². The van der Waals surface area contributed by atoms with Gasteiger partial charge in [-0.15, -0.1) is 5.10 Å².